The van der Waals surface area contributed by atoms with E-state index in [0.717, 1.165) is 23.4 Å². The van der Waals surface area contributed by atoms with Gasteiger partial charge in [0.15, 0.2) is 15.7 Å². The maximum Gasteiger partial charge on any atom is 0.416 e. The predicted octanol–water partition coefficient (Wildman–Crippen LogP) is 5.18. The van der Waals surface area contributed by atoms with Gasteiger partial charge >= 0.3 is 6.18 Å². The molecule has 1 fully saturated rings. The van der Waals surface area contributed by atoms with Crippen LogP contribution in [0.4, 0.5) is 19.0 Å². The van der Waals surface area contributed by atoms with E-state index in [1.807, 2.05) is 13.3 Å². The van der Waals surface area contributed by atoms with Crippen LogP contribution in [0.1, 0.15) is 38.7 Å². The summed E-state index contributed by atoms with van der Waals surface area (Å²) in [7, 11) is -1.58. The minimum atomic E-state index is -4.51. The standard InChI is InChI=1S/C28H36F3N5O3S2/c1-17(2)36(3)20-6-12-24(18(13-20)16-41(38,39)22-9-7-21(40-4)8-10-22)33-26(37)15-32-27-23-14-19(28(29,30)31)5-11-25(23)34-35-27/h5,7-11,14,17-18,20,24H,6,12-13,15-16H2,1-4H3,(H,33,37)(H2,32,34,35). The number of hydrogen-bond acceptors (Lipinski definition) is 7. The van der Waals surface area contributed by atoms with Crippen molar-refractivity contribution in [3.05, 3.63) is 48.0 Å². The van der Waals surface area contributed by atoms with Crippen LogP contribution >= 0.6 is 11.8 Å². The van der Waals surface area contributed by atoms with Gasteiger partial charge < -0.3 is 15.5 Å². The molecule has 1 aliphatic carbocycles. The highest BCUT2D eigenvalue weighted by molar-refractivity contribution is 7.98. The van der Waals surface area contributed by atoms with Gasteiger partial charge in [-0.25, -0.2) is 8.42 Å². The first-order valence-electron chi connectivity index (χ1n) is 13.5. The van der Waals surface area contributed by atoms with Crippen molar-refractivity contribution in [2.24, 2.45) is 5.92 Å². The van der Waals surface area contributed by atoms with Gasteiger partial charge in [0.2, 0.25) is 5.91 Å². The molecule has 2 aromatic carbocycles. The fourth-order valence-corrected chi connectivity index (χ4v) is 7.40. The average molecular weight is 612 g/mol. The number of benzene rings is 2. The summed E-state index contributed by atoms with van der Waals surface area (Å²) in [4.78, 5) is 16.5. The minimum absolute atomic E-state index is 0.101. The van der Waals surface area contributed by atoms with Crippen molar-refractivity contribution >= 4 is 44.2 Å². The maximum absolute atomic E-state index is 13.4. The summed E-state index contributed by atoms with van der Waals surface area (Å²) in [6, 6.07) is 10.2. The number of carbonyl (C=O) groups is 1. The quantitative estimate of drug-likeness (QED) is 0.271. The zero-order valence-corrected chi connectivity index (χ0v) is 25.1. The molecule has 41 heavy (non-hydrogen) atoms. The van der Waals surface area contributed by atoms with Crippen molar-refractivity contribution in [2.75, 3.05) is 30.9 Å². The third-order valence-corrected chi connectivity index (χ3v) is 10.5. The molecule has 13 heteroatoms. The van der Waals surface area contributed by atoms with Crippen molar-refractivity contribution < 1.29 is 26.4 Å². The average Bonchev–Trinajstić information content (AvgIpc) is 3.34. The number of thioether (sulfide) groups is 1. The number of rotatable bonds is 10. The smallest absolute Gasteiger partial charge is 0.359 e. The lowest BCUT2D eigenvalue weighted by Crippen LogP contribution is -2.51. The lowest BCUT2D eigenvalue weighted by atomic mass is 9.81. The van der Waals surface area contributed by atoms with Gasteiger partial charge in [0, 0.05) is 28.4 Å². The molecule has 8 nitrogen and oxygen atoms in total. The van der Waals surface area contributed by atoms with Crippen LogP contribution < -0.4 is 10.6 Å². The van der Waals surface area contributed by atoms with E-state index in [4.69, 9.17) is 0 Å². The molecule has 1 aromatic heterocycles. The summed E-state index contributed by atoms with van der Waals surface area (Å²) in [6.45, 7) is 3.96. The number of nitrogens with one attached hydrogen (secondary N) is 3. The van der Waals surface area contributed by atoms with Crippen LogP contribution in [0.2, 0.25) is 0 Å². The van der Waals surface area contributed by atoms with Crippen molar-refractivity contribution in [1.29, 1.82) is 0 Å². The van der Waals surface area contributed by atoms with Crippen LogP contribution in [0.25, 0.3) is 10.9 Å². The van der Waals surface area contributed by atoms with Crippen molar-refractivity contribution in [3.63, 3.8) is 0 Å². The Morgan fingerprint density at radius 3 is 2.51 bits per heavy atom. The number of aromatic nitrogens is 2. The van der Waals surface area contributed by atoms with Crippen molar-refractivity contribution in [2.45, 2.75) is 67.2 Å². The molecule has 3 unspecified atom stereocenters. The Morgan fingerprint density at radius 2 is 1.88 bits per heavy atom. The lowest BCUT2D eigenvalue weighted by molar-refractivity contribution is -0.137. The molecule has 3 aromatic rings. The van der Waals surface area contributed by atoms with E-state index < -0.39 is 21.6 Å². The second kappa shape index (κ2) is 12.6. The Balaban J connectivity index is 1.47. The topological polar surface area (TPSA) is 107 Å². The third-order valence-electron chi connectivity index (χ3n) is 7.85. The van der Waals surface area contributed by atoms with Crippen LogP contribution in [0, 0.1) is 5.92 Å². The monoisotopic (exact) mass is 611 g/mol. The minimum Gasteiger partial charge on any atom is -0.359 e. The largest absolute Gasteiger partial charge is 0.416 e. The van der Waals surface area contributed by atoms with Gasteiger partial charge in [-0.1, -0.05) is 0 Å². The summed E-state index contributed by atoms with van der Waals surface area (Å²) >= 11 is 1.53. The SMILES string of the molecule is CSc1ccc(S(=O)(=O)CC2CC(N(C)C(C)C)CCC2NC(=O)CNc2n[nH]c3ccc(C(F)(F)F)cc23)cc1. The molecule has 1 saturated carbocycles. The van der Waals surface area contributed by atoms with E-state index >= 15 is 0 Å². The van der Waals surface area contributed by atoms with Gasteiger partial charge in [0.1, 0.15) is 0 Å². The summed E-state index contributed by atoms with van der Waals surface area (Å²) in [6.07, 6.45) is -0.558. The molecule has 1 heterocycles. The van der Waals surface area contributed by atoms with Gasteiger partial charge in [-0.15, -0.1) is 11.8 Å². The number of nitrogens with zero attached hydrogens (tertiary/aromatic N) is 2. The molecule has 0 radical (unpaired) electrons. The molecule has 0 aliphatic heterocycles. The zero-order chi connectivity index (χ0) is 29.9. The van der Waals surface area contributed by atoms with E-state index in [-0.39, 0.29) is 58.3 Å². The summed E-state index contributed by atoms with van der Waals surface area (Å²) < 4.78 is 66.4. The van der Waals surface area contributed by atoms with E-state index in [1.165, 1.54) is 17.8 Å². The molecule has 224 valence electrons. The van der Waals surface area contributed by atoms with E-state index in [1.54, 1.807) is 24.3 Å². The molecule has 3 N–H and O–H groups in total. The molecule has 0 saturated heterocycles. The fraction of sp³-hybridized carbons (Fsp3) is 0.500. The summed E-state index contributed by atoms with van der Waals surface area (Å²) in [5.74, 6) is -0.669. The highest BCUT2D eigenvalue weighted by Crippen LogP contribution is 2.34. The summed E-state index contributed by atoms with van der Waals surface area (Å²) in [5, 5.41) is 12.7. The molecular formula is C28H36F3N5O3S2. The van der Waals surface area contributed by atoms with Crippen LogP contribution in [-0.2, 0) is 20.8 Å². The number of fused-ring (bicyclic) bond motifs is 1. The van der Waals surface area contributed by atoms with Gasteiger partial charge in [-0.3, -0.25) is 9.89 Å². The van der Waals surface area contributed by atoms with E-state index in [2.05, 4.69) is 39.6 Å². The number of amides is 1. The first-order chi connectivity index (χ1) is 19.3. The number of hydrogen-bond donors (Lipinski definition) is 3. The highest BCUT2D eigenvalue weighted by atomic mass is 32.2. The third kappa shape index (κ3) is 7.55. The number of alkyl halides is 3. The second-order valence-corrected chi connectivity index (χ2v) is 13.7. The summed E-state index contributed by atoms with van der Waals surface area (Å²) in [5.41, 5.74) is -0.404. The molecule has 1 aliphatic rings. The molecule has 1 amide bonds. The Bertz CT molecular complexity index is 1460. The predicted molar refractivity (Wildman–Crippen MR) is 156 cm³/mol. The van der Waals surface area contributed by atoms with Crippen molar-refractivity contribution in [1.82, 2.24) is 20.4 Å². The first kappa shape index (κ1) is 31.2. The normalized spacial score (nSPS) is 20.1. The number of H-pyrrole nitrogens is 1. The van der Waals surface area contributed by atoms with Crippen LogP contribution in [0.3, 0.4) is 0 Å². The maximum atomic E-state index is 13.4. The van der Waals surface area contributed by atoms with Crippen LogP contribution in [0.5, 0.6) is 0 Å². The zero-order valence-electron chi connectivity index (χ0n) is 23.5. The number of sulfone groups is 1. The Kier molecular flexibility index (Phi) is 9.59. The molecule has 3 atom stereocenters. The first-order valence-corrected chi connectivity index (χ1v) is 16.3. The van der Waals surface area contributed by atoms with Gasteiger partial charge in [-0.05, 0) is 94.8 Å². The molecule has 4 rings (SSSR count). The lowest BCUT2D eigenvalue weighted by Gasteiger charge is -2.41. The molecule has 0 spiro atoms. The number of halogens is 3. The second-order valence-electron chi connectivity index (χ2n) is 10.8. The van der Waals surface area contributed by atoms with E-state index in [0.29, 0.717) is 18.4 Å². The van der Waals surface area contributed by atoms with Crippen molar-refractivity contribution in [3.8, 4) is 0 Å². The molecule has 0 bridgehead atoms. The number of aromatic amines is 1. The van der Waals surface area contributed by atoms with Gasteiger partial charge in [0.25, 0.3) is 0 Å². The van der Waals surface area contributed by atoms with Gasteiger partial charge in [-0.2, -0.15) is 18.3 Å². The van der Waals surface area contributed by atoms with E-state index in [9.17, 15) is 26.4 Å². The number of anilines is 1. The Hall–Kier alpha value is -2.77. The fourth-order valence-electron chi connectivity index (χ4n) is 5.31. The van der Waals surface area contributed by atoms with Gasteiger partial charge in [0.05, 0.1) is 28.3 Å². The highest BCUT2D eigenvalue weighted by Gasteiger charge is 2.37. The number of carbonyl (C=O) groups excluding carboxylic acids is 1. The van der Waals surface area contributed by atoms with Crippen LogP contribution in [0.15, 0.2) is 52.3 Å². The van der Waals surface area contributed by atoms with Crippen LogP contribution in [-0.4, -0.2) is 73.1 Å². The Morgan fingerprint density at radius 1 is 1.17 bits per heavy atom. The molecular weight excluding hydrogens is 575 g/mol. The Labute approximate surface area is 242 Å².